The van der Waals surface area contributed by atoms with Crippen molar-refractivity contribution in [3.05, 3.63) is 29.3 Å². The van der Waals surface area contributed by atoms with E-state index in [2.05, 4.69) is 5.32 Å². The summed E-state index contributed by atoms with van der Waals surface area (Å²) in [5.74, 6) is 0.574. The Balaban J connectivity index is 0.00000242. The van der Waals surface area contributed by atoms with Gasteiger partial charge < -0.3 is 15.8 Å². The van der Waals surface area contributed by atoms with Crippen molar-refractivity contribution in [3.63, 3.8) is 0 Å². The third-order valence-electron chi connectivity index (χ3n) is 4.02. The van der Waals surface area contributed by atoms with E-state index in [1.165, 1.54) is 0 Å². The highest BCUT2D eigenvalue weighted by Crippen LogP contribution is 2.27. The first-order valence-corrected chi connectivity index (χ1v) is 7.91. The highest BCUT2D eigenvalue weighted by atomic mass is 35.5. The molecule has 22 heavy (non-hydrogen) atoms. The Hall–Kier alpha value is -0.970. The molecule has 0 saturated heterocycles. The van der Waals surface area contributed by atoms with Crippen LogP contribution in [0.1, 0.15) is 39.0 Å². The average molecular weight is 347 g/mol. The van der Waals surface area contributed by atoms with Crippen LogP contribution in [-0.4, -0.2) is 24.1 Å². The summed E-state index contributed by atoms with van der Waals surface area (Å²) < 4.78 is 5.85. The van der Waals surface area contributed by atoms with E-state index in [9.17, 15) is 4.79 Å². The molecule has 4 nitrogen and oxygen atoms in total. The highest BCUT2D eigenvalue weighted by Gasteiger charge is 2.36. The molecule has 1 aromatic rings. The molecule has 6 heteroatoms. The first-order chi connectivity index (χ1) is 10.0. The number of hydrogen-bond donors (Lipinski definition) is 2. The number of nitrogens with one attached hydrogen (secondary N) is 1. The van der Waals surface area contributed by atoms with Gasteiger partial charge in [0.25, 0.3) is 0 Å². The predicted molar refractivity (Wildman–Crippen MR) is 91.8 cm³/mol. The fraction of sp³-hybridized carbons (Fsp3) is 0.562. The van der Waals surface area contributed by atoms with Gasteiger partial charge in [0.2, 0.25) is 5.91 Å². The molecular formula is C16H24Cl2N2O2. The first-order valence-electron chi connectivity index (χ1n) is 7.53. The Morgan fingerprint density at radius 2 is 2.05 bits per heavy atom. The van der Waals surface area contributed by atoms with Crippen molar-refractivity contribution < 1.29 is 9.53 Å². The number of para-hydroxylation sites is 1. The van der Waals surface area contributed by atoms with E-state index in [1.54, 1.807) is 6.07 Å². The fourth-order valence-corrected chi connectivity index (χ4v) is 2.79. The summed E-state index contributed by atoms with van der Waals surface area (Å²) in [7, 11) is 0. The van der Waals surface area contributed by atoms with Gasteiger partial charge in [-0.25, -0.2) is 0 Å². The lowest BCUT2D eigenvalue weighted by molar-refractivity contribution is -0.126. The topological polar surface area (TPSA) is 64.4 Å². The summed E-state index contributed by atoms with van der Waals surface area (Å²) in [6, 6.07) is 7.35. The Kier molecular flexibility index (Phi) is 7.46. The van der Waals surface area contributed by atoms with Crippen LogP contribution in [0.3, 0.4) is 0 Å². The molecule has 1 aromatic carbocycles. The molecule has 1 unspecified atom stereocenters. The lowest BCUT2D eigenvalue weighted by atomic mass is 9.98. The minimum atomic E-state index is -0.692. The molecule has 2 rings (SSSR count). The van der Waals surface area contributed by atoms with E-state index in [-0.39, 0.29) is 24.4 Å². The van der Waals surface area contributed by atoms with Crippen LogP contribution in [0.5, 0.6) is 5.75 Å². The van der Waals surface area contributed by atoms with Gasteiger partial charge in [-0.05, 0) is 31.4 Å². The third-order valence-corrected chi connectivity index (χ3v) is 4.34. The van der Waals surface area contributed by atoms with E-state index in [4.69, 9.17) is 22.1 Å². The first kappa shape index (κ1) is 19.1. The Morgan fingerprint density at radius 1 is 1.41 bits per heavy atom. The Labute approximate surface area is 143 Å². The van der Waals surface area contributed by atoms with Crippen LogP contribution in [0.15, 0.2) is 24.3 Å². The van der Waals surface area contributed by atoms with Gasteiger partial charge in [-0.3, -0.25) is 4.79 Å². The SMILES string of the molecule is CCC(CNC(=O)C1(N)CCCC1)Oc1ccccc1Cl.Cl. The summed E-state index contributed by atoms with van der Waals surface area (Å²) in [6.45, 7) is 2.46. The van der Waals surface area contributed by atoms with Crippen molar-refractivity contribution in [1.29, 1.82) is 0 Å². The van der Waals surface area contributed by atoms with E-state index < -0.39 is 5.54 Å². The van der Waals surface area contributed by atoms with Crippen LogP contribution in [0.2, 0.25) is 5.02 Å². The molecule has 1 fully saturated rings. The van der Waals surface area contributed by atoms with Crippen molar-refractivity contribution in [2.24, 2.45) is 5.73 Å². The van der Waals surface area contributed by atoms with Crippen molar-refractivity contribution in [3.8, 4) is 5.75 Å². The number of carbonyl (C=O) groups is 1. The molecule has 1 aliphatic carbocycles. The molecule has 1 atom stereocenters. The van der Waals surface area contributed by atoms with Crippen molar-refractivity contribution in [1.82, 2.24) is 5.32 Å². The van der Waals surface area contributed by atoms with E-state index >= 15 is 0 Å². The maximum Gasteiger partial charge on any atom is 0.240 e. The van der Waals surface area contributed by atoms with Gasteiger partial charge in [0.15, 0.2) is 0 Å². The molecule has 0 aliphatic heterocycles. The number of halogens is 2. The summed E-state index contributed by atoms with van der Waals surface area (Å²) in [6.07, 6.45) is 4.25. The lowest BCUT2D eigenvalue weighted by Crippen LogP contribution is -2.53. The second-order valence-electron chi connectivity index (χ2n) is 5.65. The summed E-state index contributed by atoms with van der Waals surface area (Å²) in [4.78, 5) is 12.2. The summed E-state index contributed by atoms with van der Waals surface area (Å²) in [5.41, 5.74) is 5.44. The standard InChI is InChI=1S/C16H23ClN2O2.ClH/c1-2-12(21-14-8-4-3-7-13(14)17)11-19-15(20)16(18)9-5-6-10-16;/h3-4,7-8,12H,2,5-6,9-11,18H2,1H3,(H,19,20);1H. The second kappa shape index (κ2) is 8.61. The monoisotopic (exact) mass is 346 g/mol. The average Bonchev–Trinajstić information content (AvgIpc) is 2.93. The molecule has 1 amide bonds. The number of nitrogens with two attached hydrogens (primary N) is 1. The minimum Gasteiger partial charge on any atom is -0.487 e. The summed E-state index contributed by atoms with van der Waals surface area (Å²) >= 11 is 6.08. The number of ether oxygens (including phenoxy) is 1. The molecule has 124 valence electrons. The molecule has 0 heterocycles. The zero-order valence-electron chi connectivity index (χ0n) is 12.8. The normalized spacial score (nSPS) is 17.4. The molecule has 0 bridgehead atoms. The van der Waals surface area contributed by atoms with Gasteiger partial charge in [-0.15, -0.1) is 12.4 Å². The molecule has 1 aliphatic rings. The third kappa shape index (κ3) is 4.77. The summed E-state index contributed by atoms with van der Waals surface area (Å²) in [5, 5.41) is 3.50. The van der Waals surface area contributed by atoms with Crippen molar-refractivity contribution in [2.75, 3.05) is 6.54 Å². The number of hydrogen-bond acceptors (Lipinski definition) is 3. The minimum absolute atomic E-state index is 0. The largest absolute Gasteiger partial charge is 0.487 e. The molecule has 0 aromatic heterocycles. The van der Waals surface area contributed by atoms with Gasteiger partial charge in [-0.2, -0.15) is 0 Å². The van der Waals surface area contributed by atoms with Gasteiger partial charge in [0.1, 0.15) is 11.9 Å². The predicted octanol–water partition coefficient (Wildman–Crippen LogP) is 3.31. The van der Waals surface area contributed by atoms with Gasteiger partial charge in [-0.1, -0.05) is 43.5 Å². The van der Waals surface area contributed by atoms with Crippen molar-refractivity contribution in [2.45, 2.75) is 50.7 Å². The molecule has 1 saturated carbocycles. The lowest BCUT2D eigenvalue weighted by Gasteiger charge is -2.25. The molecular weight excluding hydrogens is 323 g/mol. The second-order valence-corrected chi connectivity index (χ2v) is 6.06. The van der Waals surface area contributed by atoms with Crippen LogP contribution < -0.4 is 15.8 Å². The number of benzene rings is 1. The van der Waals surface area contributed by atoms with Crippen LogP contribution in [-0.2, 0) is 4.79 Å². The molecule has 0 radical (unpaired) electrons. The maximum absolute atomic E-state index is 12.2. The van der Waals surface area contributed by atoms with Crippen LogP contribution in [0.25, 0.3) is 0 Å². The van der Waals surface area contributed by atoms with Gasteiger partial charge in [0, 0.05) is 0 Å². The van der Waals surface area contributed by atoms with Crippen LogP contribution in [0, 0.1) is 0 Å². The van der Waals surface area contributed by atoms with Crippen molar-refractivity contribution >= 4 is 29.9 Å². The van der Waals surface area contributed by atoms with E-state index in [0.29, 0.717) is 17.3 Å². The van der Waals surface area contributed by atoms with Crippen LogP contribution >= 0.6 is 24.0 Å². The van der Waals surface area contributed by atoms with E-state index in [0.717, 1.165) is 32.1 Å². The van der Waals surface area contributed by atoms with Gasteiger partial charge in [0.05, 0.1) is 17.1 Å². The molecule has 3 N–H and O–H groups in total. The zero-order chi connectivity index (χ0) is 15.3. The van der Waals surface area contributed by atoms with Crippen LogP contribution in [0.4, 0.5) is 0 Å². The number of amides is 1. The maximum atomic E-state index is 12.2. The van der Waals surface area contributed by atoms with Gasteiger partial charge >= 0.3 is 0 Å². The smallest absolute Gasteiger partial charge is 0.240 e. The fourth-order valence-electron chi connectivity index (χ4n) is 2.60. The number of carbonyl (C=O) groups excluding carboxylic acids is 1. The Bertz CT molecular complexity index is 491. The Morgan fingerprint density at radius 3 is 2.64 bits per heavy atom. The zero-order valence-corrected chi connectivity index (χ0v) is 14.4. The number of rotatable bonds is 6. The molecule has 0 spiro atoms. The van der Waals surface area contributed by atoms with E-state index in [1.807, 2.05) is 25.1 Å². The highest BCUT2D eigenvalue weighted by molar-refractivity contribution is 6.32. The quantitative estimate of drug-likeness (QED) is 0.830.